The molecule has 2 saturated heterocycles. The first kappa shape index (κ1) is 15.0. The minimum absolute atomic E-state index is 0.193. The largest absolute Gasteiger partial charge is 0.390 e. The van der Waals surface area contributed by atoms with E-state index in [0.717, 1.165) is 26.2 Å². The molecule has 0 amide bonds. The second kappa shape index (κ2) is 7.39. The summed E-state index contributed by atoms with van der Waals surface area (Å²) in [5.74, 6) is 4.86. The summed E-state index contributed by atoms with van der Waals surface area (Å²) < 4.78 is 0. The Labute approximate surface area is 120 Å². The number of nitrogens with zero attached hydrogens (tertiary/aromatic N) is 2. The molecule has 2 aliphatic rings. The van der Waals surface area contributed by atoms with Crippen LogP contribution in [0.15, 0.2) is 0 Å². The lowest BCUT2D eigenvalue weighted by Gasteiger charge is -2.38. The van der Waals surface area contributed by atoms with E-state index in [1.165, 1.54) is 23.0 Å². The number of rotatable bonds is 4. The summed E-state index contributed by atoms with van der Waals surface area (Å²) in [4.78, 5) is 4.90. The van der Waals surface area contributed by atoms with Crippen LogP contribution < -0.4 is 0 Å². The average molecular weight is 290 g/mol. The predicted molar refractivity (Wildman–Crippen MR) is 82.7 cm³/mol. The van der Waals surface area contributed by atoms with Gasteiger partial charge < -0.3 is 5.11 Å². The fourth-order valence-electron chi connectivity index (χ4n) is 2.66. The van der Waals surface area contributed by atoms with Gasteiger partial charge in [-0.2, -0.15) is 23.5 Å². The van der Waals surface area contributed by atoms with Gasteiger partial charge in [0, 0.05) is 61.3 Å². The number of β-amino-alcohol motifs (C(OH)–C–C–N with tert-alkyl or cyclic N) is 1. The molecule has 2 aliphatic heterocycles. The van der Waals surface area contributed by atoms with E-state index in [2.05, 4.69) is 23.6 Å². The molecule has 0 radical (unpaired) electrons. The summed E-state index contributed by atoms with van der Waals surface area (Å²) in [6.07, 6.45) is -0.193. The molecule has 0 aromatic carbocycles. The van der Waals surface area contributed by atoms with Crippen LogP contribution in [-0.2, 0) is 0 Å². The van der Waals surface area contributed by atoms with Crippen molar-refractivity contribution < 1.29 is 5.11 Å². The van der Waals surface area contributed by atoms with Gasteiger partial charge in [-0.15, -0.1) is 0 Å². The quantitative estimate of drug-likeness (QED) is 0.840. The normalized spacial score (nSPS) is 32.0. The molecule has 3 nitrogen and oxygen atoms in total. The average Bonchev–Trinajstić information content (AvgIpc) is 2.35. The fraction of sp³-hybridized carbons (Fsp3) is 1.00. The van der Waals surface area contributed by atoms with E-state index in [4.69, 9.17) is 0 Å². The highest BCUT2D eigenvalue weighted by molar-refractivity contribution is 7.99. The van der Waals surface area contributed by atoms with Gasteiger partial charge in [0.25, 0.3) is 0 Å². The number of hydrogen-bond acceptors (Lipinski definition) is 5. The van der Waals surface area contributed by atoms with Gasteiger partial charge in [-0.25, -0.2) is 0 Å². The van der Waals surface area contributed by atoms with E-state index < -0.39 is 0 Å². The van der Waals surface area contributed by atoms with E-state index in [9.17, 15) is 5.11 Å². The zero-order chi connectivity index (χ0) is 13.0. The van der Waals surface area contributed by atoms with Gasteiger partial charge in [0.1, 0.15) is 0 Å². The van der Waals surface area contributed by atoms with Crippen molar-refractivity contribution in [3.05, 3.63) is 0 Å². The maximum Gasteiger partial charge on any atom is 0.0794 e. The SMILES string of the molecule is C[C@@H]1CSCCN1CC(O)CN1CCSC[C@H]1C. The van der Waals surface area contributed by atoms with E-state index in [1.54, 1.807) is 0 Å². The Morgan fingerprint density at radius 2 is 1.44 bits per heavy atom. The molecule has 18 heavy (non-hydrogen) atoms. The van der Waals surface area contributed by atoms with Crippen LogP contribution in [-0.4, -0.2) is 82.3 Å². The van der Waals surface area contributed by atoms with Crippen LogP contribution in [0.3, 0.4) is 0 Å². The summed E-state index contributed by atoms with van der Waals surface area (Å²) in [7, 11) is 0. The van der Waals surface area contributed by atoms with Gasteiger partial charge in [-0.05, 0) is 13.8 Å². The van der Waals surface area contributed by atoms with Crippen molar-refractivity contribution in [1.82, 2.24) is 9.80 Å². The van der Waals surface area contributed by atoms with Crippen molar-refractivity contribution in [1.29, 1.82) is 0 Å². The standard InChI is InChI=1S/C13H26N2OS2/c1-11-9-17-5-3-14(11)7-13(16)8-15-4-6-18-10-12(15)2/h11-13,16H,3-10H2,1-2H3/t11-,12-/m1/s1. The Balaban J connectivity index is 1.75. The second-order valence-corrected chi connectivity index (χ2v) is 7.79. The van der Waals surface area contributed by atoms with Crippen molar-refractivity contribution in [3.8, 4) is 0 Å². The highest BCUT2D eigenvalue weighted by atomic mass is 32.2. The first-order valence-corrected chi connectivity index (χ1v) is 9.29. The maximum atomic E-state index is 10.3. The zero-order valence-electron chi connectivity index (χ0n) is 11.5. The maximum absolute atomic E-state index is 10.3. The Bertz CT molecular complexity index is 231. The summed E-state index contributed by atoms with van der Waals surface area (Å²) >= 11 is 4.07. The monoisotopic (exact) mass is 290 g/mol. The highest BCUT2D eigenvalue weighted by Gasteiger charge is 2.25. The number of hydrogen-bond donors (Lipinski definition) is 1. The summed E-state index contributed by atoms with van der Waals surface area (Å²) in [5.41, 5.74) is 0. The van der Waals surface area contributed by atoms with Crippen molar-refractivity contribution in [2.24, 2.45) is 0 Å². The summed E-state index contributed by atoms with van der Waals surface area (Å²) in [6.45, 7) is 8.51. The van der Waals surface area contributed by atoms with Gasteiger partial charge in [0.15, 0.2) is 0 Å². The third-order valence-electron chi connectivity index (χ3n) is 3.90. The van der Waals surface area contributed by atoms with E-state index >= 15 is 0 Å². The lowest BCUT2D eigenvalue weighted by molar-refractivity contribution is 0.0570. The molecule has 106 valence electrons. The molecule has 2 fully saturated rings. The van der Waals surface area contributed by atoms with Gasteiger partial charge >= 0.3 is 0 Å². The van der Waals surface area contributed by atoms with Crippen LogP contribution in [0, 0.1) is 0 Å². The van der Waals surface area contributed by atoms with Crippen LogP contribution in [0.1, 0.15) is 13.8 Å². The molecule has 0 aromatic rings. The smallest absolute Gasteiger partial charge is 0.0794 e. The fourth-order valence-corrected chi connectivity index (χ4v) is 4.83. The van der Waals surface area contributed by atoms with E-state index in [1.807, 2.05) is 23.5 Å². The Morgan fingerprint density at radius 1 is 1.00 bits per heavy atom. The molecule has 0 saturated carbocycles. The Hall–Kier alpha value is 0.580. The van der Waals surface area contributed by atoms with Gasteiger partial charge in [0.05, 0.1) is 6.10 Å². The van der Waals surface area contributed by atoms with Crippen molar-refractivity contribution in [2.75, 3.05) is 49.2 Å². The number of aliphatic hydroxyl groups is 1. The van der Waals surface area contributed by atoms with Crippen molar-refractivity contribution in [2.45, 2.75) is 32.0 Å². The molecule has 2 atom stereocenters. The summed E-state index contributed by atoms with van der Waals surface area (Å²) in [6, 6.07) is 1.24. The molecule has 0 bridgehead atoms. The first-order valence-electron chi connectivity index (χ1n) is 6.98. The van der Waals surface area contributed by atoms with Crippen LogP contribution in [0.25, 0.3) is 0 Å². The first-order chi connectivity index (χ1) is 8.66. The molecule has 5 heteroatoms. The highest BCUT2D eigenvalue weighted by Crippen LogP contribution is 2.18. The Kier molecular flexibility index (Phi) is 6.15. The van der Waals surface area contributed by atoms with Crippen molar-refractivity contribution >= 4 is 23.5 Å². The molecule has 0 aromatic heterocycles. The number of aliphatic hydroxyl groups excluding tert-OH is 1. The van der Waals surface area contributed by atoms with Crippen LogP contribution in [0.4, 0.5) is 0 Å². The molecule has 2 heterocycles. The molecular formula is C13H26N2OS2. The van der Waals surface area contributed by atoms with Crippen LogP contribution in [0.2, 0.25) is 0 Å². The van der Waals surface area contributed by atoms with Gasteiger partial charge in [-0.3, -0.25) is 9.80 Å². The molecule has 2 rings (SSSR count). The molecule has 0 aliphatic carbocycles. The molecule has 0 unspecified atom stereocenters. The topological polar surface area (TPSA) is 26.7 Å². The van der Waals surface area contributed by atoms with Crippen LogP contribution >= 0.6 is 23.5 Å². The molecule has 0 spiro atoms. The minimum atomic E-state index is -0.193. The number of thioether (sulfide) groups is 2. The zero-order valence-corrected chi connectivity index (χ0v) is 13.2. The predicted octanol–water partition coefficient (Wildman–Crippen LogP) is 1.22. The van der Waals surface area contributed by atoms with Crippen molar-refractivity contribution in [3.63, 3.8) is 0 Å². The van der Waals surface area contributed by atoms with Gasteiger partial charge in [0.2, 0.25) is 0 Å². The van der Waals surface area contributed by atoms with E-state index in [0.29, 0.717) is 12.1 Å². The van der Waals surface area contributed by atoms with E-state index in [-0.39, 0.29) is 6.10 Å². The molecular weight excluding hydrogens is 264 g/mol. The van der Waals surface area contributed by atoms with Crippen LogP contribution in [0.5, 0.6) is 0 Å². The minimum Gasteiger partial charge on any atom is -0.390 e. The molecule has 1 N–H and O–H groups in total. The summed E-state index contributed by atoms with van der Waals surface area (Å²) in [5, 5.41) is 10.3. The lowest BCUT2D eigenvalue weighted by atomic mass is 10.2. The lowest BCUT2D eigenvalue weighted by Crippen LogP contribution is -2.50. The third kappa shape index (κ3) is 4.30. The second-order valence-electron chi connectivity index (χ2n) is 5.49. The third-order valence-corrected chi connectivity index (χ3v) is 6.28. The van der Waals surface area contributed by atoms with Gasteiger partial charge in [-0.1, -0.05) is 0 Å². The Morgan fingerprint density at radius 3 is 1.83 bits per heavy atom.